The van der Waals surface area contributed by atoms with Crippen molar-refractivity contribution in [2.24, 2.45) is 0 Å². The summed E-state index contributed by atoms with van der Waals surface area (Å²) in [4.78, 5) is 12.8. The van der Waals surface area contributed by atoms with Crippen molar-refractivity contribution < 1.29 is 4.79 Å². The number of piperidine rings is 1. The maximum Gasteiger partial charge on any atom is 0.144 e. The molecule has 1 aliphatic heterocycles. The van der Waals surface area contributed by atoms with Crippen molar-refractivity contribution in [3.8, 4) is 0 Å². The van der Waals surface area contributed by atoms with Crippen molar-refractivity contribution in [3.05, 3.63) is 0 Å². The lowest BCUT2D eigenvalue weighted by atomic mass is 10.1. The summed E-state index contributed by atoms with van der Waals surface area (Å²) >= 11 is 0. The van der Waals surface area contributed by atoms with E-state index in [1.165, 1.54) is 0 Å². The minimum atomic E-state index is 0.420. The van der Waals surface area contributed by atoms with Gasteiger partial charge in [0.25, 0.3) is 0 Å². The standard InChI is InChI=1S/C6H11NO/c1-7-4-2-6(8)3-5-7/h2-5H2,1H3/q+1. The SMILES string of the molecule is C[N+]1CCC(=O)CC1. The molecular weight excluding hydrogens is 102 g/mol. The van der Waals surface area contributed by atoms with Gasteiger partial charge in [-0.2, -0.15) is 4.90 Å². The summed E-state index contributed by atoms with van der Waals surface area (Å²) in [6.07, 6.45) is 1.52. The first-order valence-corrected chi connectivity index (χ1v) is 2.99. The molecule has 1 radical (unpaired) electrons. The summed E-state index contributed by atoms with van der Waals surface area (Å²) in [6, 6.07) is 0. The molecule has 2 heteroatoms. The summed E-state index contributed by atoms with van der Waals surface area (Å²) in [5, 5.41) is 0. The molecule has 0 atom stereocenters. The van der Waals surface area contributed by atoms with E-state index in [2.05, 4.69) is 4.90 Å². The van der Waals surface area contributed by atoms with Gasteiger partial charge >= 0.3 is 0 Å². The van der Waals surface area contributed by atoms with Crippen LogP contribution in [0.15, 0.2) is 0 Å². The summed E-state index contributed by atoms with van der Waals surface area (Å²) in [6.45, 7) is 1.91. The van der Waals surface area contributed by atoms with E-state index in [-0.39, 0.29) is 0 Å². The highest BCUT2D eigenvalue weighted by atomic mass is 16.1. The number of Topliss-reactive ketones (excluding diaryl/α,β-unsaturated/α-hetero) is 1. The molecule has 0 unspecified atom stereocenters. The molecule has 0 saturated carbocycles. The Balaban J connectivity index is 2.29. The van der Waals surface area contributed by atoms with Gasteiger partial charge in [0.1, 0.15) is 25.9 Å². The first-order chi connectivity index (χ1) is 3.79. The summed E-state index contributed by atoms with van der Waals surface area (Å²) in [7, 11) is 2.05. The Morgan fingerprint density at radius 1 is 1.38 bits per heavy atom. The van der Waals surface area contributed by atoms with Gasteiger partial charge in [-0.1, -0.05) is 0 Å². The van der Waals surface area contributed by atoms with E-state index < -0.39 is 0 Å². The zero-order valence-corrected chi connectivity index (χ0v) is 5.18. The summed E-state index contributed by atoms with van der Waals surface area (Å²) in [5.74, 6) is 0.420. The maximum absolute atomic E-state index is 10.6. The van der Waals surface area contributed by atoms with Crippen LogP contribution in [0.4, 0.5) is 0 Å². The fraction of sp³-hybridized carbons (Fsp3) is 0.833. The first-order valence-electron chi connectivity index (χ1n) is 2.99. The number of rotatable bonds is 0. The zero-order chi connectivity index (χ0) is 5.98. The third-order valence-electron chi connectivity index (χ3n) is 1.54. The minimum Gasteiger partial charge on any atom is -0.299 e. The lowest BCUT2D eigenvalue weighted by Crippen LogP contribution is -2.34. The van der Waals surface area contributed by atoms with Crippen molar-refractivity contribution in [2.45, 2.75) is 12.8 Å². The van der Waals surface area contributed by atoms with Crippen molar-refractivity contribution in [2.75, 3.05) is 20.1 Å². The molecule has 2 nitrogen and oxygen atoms in total. The molecule has 45 valence electrons. The molecule has 1 heterocycles. The van der Waals surface area contributed by atoms with Crippen molar-refractivity contribution in [1.82, 2.24) is 4.90 Å². The molecule has 0 N–H and O–H groups in total. The second-order valence-corrected chi connectivity index (χ2v) is 2.34. The topological polar surface area (TPSA) is 23.0 Å². The van der Waals surface area contributed by atoms with E-state index in [0.29, 0.717) is 5.78 Å². The van der Waals surface area contributed by atoms with Crippen LogP contribution in [-0.2, 0) is 4.79 Å². The van der Waals surface area contributed by atoms with Crippen LogP contribution in [0.25, 0.3) is 0 Å². The van der Waals surface area contributed by atoms with Crippen LogP contribution in [0, 0.1) is 0 Å². The van der Waals surface area contributed by atoms with Gasteiger partial charge in [0.15, 0.2) is 0 Å². The Morgan fingerprint density at radius 2 is 1.88 bits per heavy atom. The predicted octanol–water partition coefficient (Wildman–Crippen LogP) is 0.119. The van der Waals surface area contributed by atoms with Gasteiger partial charge in [0.05, 0.1) is 12.8 Å². The molecule has 1 fully saturated rings. The molecule has 0 aromatic heterocycles. The van der Waals surface area contributed by atoms with E-state index >= 15 is 0 Å². The van der Waals surface area contributed by atoms with Gasteiger partial charge in [0.2, 0.25) is 0 Å². The van der Waals surface area contributed by atoms with E-state index in [9.17, 15) is 4.79 Å². The zero-order valence-electron chi connectivity index (χ0n) is 5.18. The third kappa shape index (κ3) is 1.30. The van der Waals surface area contributed by atoms with Gasteiger partial charge in [-0.15, -0.1) is 0 Å². The average molecular weight is 113 g/mol. The van der Waals surface area contributed by atoms with Crippen molar-refractivity contribution in [1.29, 1.82) is 0 Å². The number of hydrogen-bond donors (Lipinski definition) is 0. The highest BCUT2D eigenvalue weighted by molar-refractivity contribution is 5.79. The summed E-state index contributed by atoms with van der Waals surface area (Å²) < 4.78 is 0. The molecule has 0 aromatic carbocycles. The largest absolute Gasteiger partial charge is 0.299 e. The molecule has 1 aliphatic rings. The van der Waals surface area contributed by atoms with Crippen LogP contribution >= 0.6 is 0 Å². The highest BCUT2D eigenvalue weighted by Gasteiger charge is 2.18. The Morgan fingerprint density at radius 3 is 2.25 bits per heavy atom. The van der Waals surface area contributed by atoms with Gasteiger partial charge < -0.3 is 0 Å². The van der Waals surface area contributed by atoms with E-state index in [1.807, 2.05) is 7.05 Å². The molecule has 0 spiro atoms. The quantitative estimate of drug-likeness (QED) is 0.409. The van der Waals surface area contributed by atoms with Crippen molar-refractivity contribution in [3.63, 3.8) is 0 Å². The number of ketones is 1. The smallest absolute Gasteiger partial charge is 0.144 e. The Labute approximate surface area is 49.5 Å². The van der Waals surface area contributed by atoms with Crippen LogP contribution in [0.3, 0.4) is 0 Å². The van der Waals surface area contributed by atoms with E-state index in [0.717, 1.165) is 25.9 Å². The fourth-order valence-corrected chi connectivity index (χ4v) is 0.868. The number of likely N-dealkylation sites (tertiary alicyclic amines) is 1. The molecule has 0 aliphatic carbocycles. The molecule has 1 saturated heterocycles. The van der Waals surface area contributed by atoms with Crippen LogP contribution < -0.4 is 4.90 Å². The first kappa shape index (κ1) is 5.76. The van der Waals surface area contributed by atoms with Gasteiger partial charge in [-0.25, -0.2) is 0 Å². The normalized spacial score (nSPS) is 23.9. The molecular formula is C6H11NO+. The predicted molar refractivity (Wildman–Crippen MR) is 32.0 cm³/mol. The van der Waals surface area contributed by atoms with Crippen LogP contribution in [-0.4, -0.2) is 25.9 Å². The second-order valence-electron chi connectivity index (χ2n) is 2.34. The number of hydrogen-bond acceptors (Lipinski definition) is 2. The molecule has 1 rings (SSSR count). The lowest BCUT2D eigenvalue weighted by Gasteiger charge is -2.10. The minimum absolute atomic E-state index is 0.420. The van der Waals surface area contributed by atoms with Gasteiger partial charge in [-0.05, 0) is 0 Å². The van der Waals surface area contributed by atoms with Gasteiger partial charge in [0, 0.05) is 0 Å². The molecule has 8 heavy (non-hydrogen) atoms. The highest BCUT2D eigenvalue weighted by Crippen LogP contribution is 1.98. The Kier molecular flexibility index (Phi) is 1.63. The lowest BCUT2D eigenvalue weighted by molar-refractivity contribution is -0.120. The second kappa shape index (κ2) is 2.27. The number of carbonyl (C=O) groups is 1. The molecule has 0 aromatic rings. The van der Waals surface area contributed by atoms with Crippen molar-refractivity contribution >= 4 is 5.78 Å². The van der Waals surface area contributed by atoms with Crippen LogP contribution in [0.2, 0.25) is 0 Å². The number of carbonyl (C=O) groups excluding carboxylic acids is 1. The average Bonchev–Trinajstić information content (AvgIpc) is 1.77. The third-order valence-corrected chi connectivity index (χ3v) is 1.54. The maximum atomic E-state index is 10.6. The van der Waals surface area contributed by atoms with Crippen LogP contribution in [0.1, 0.15) is 12.8 Å². The van der Waals surface area contributed by atoms with E-state index in [1.54, 1.807) is 0 Å². The van der Waals surface area contributed by atoms with Gasteiger partial charge in [-0.3, -0.25) is 4.79 Å². The Hall–Kier alpha value is -0.370. The van der Waals surface area contributed by atoms with Crippen LogP contribution in [0.5, 0.6) is 0 Å². The number of nitrogens with zero attached hydrogens (tertiary/aromatic N) is 1. The molecule has 0 bridgehead atoms. The molecule has 0 amide bonds. The Bertz CT molecular complexity index is 90.7. The monoisotopic (exact) mass is 113 g/mol. The van der Waals surface area contributed by atoms with E-state index in [4.69, 9.17) is 0 Å². The summed E-state index contributed by atoms with van der Waals surface area (Å²) in [5.41, 5.74) is 0. The fourth-order valence-electron chi connectivity index (χ4n) is 0.868.